The Morgan fingerprint density at radius 3 is 2.45 bits per heavy atom. The first kappa shape index (κ1) is 23.1. The monoisotopic (exact) mass is 485 g/mol. The van der Waals surface area contributed by atoms with Crippen LogP contribution < -0.4 is 10.0 Å². The van der Waals surface area contributed by atoms with E-state index < -0.39 is 25.8 Å². The molecule has 0 unspecified atom stereocenters. The Morgan fingerprint density at radius 2 is 1.76 bits per heavy atom. The van der Waals surface area contributed by atoms with Crippen molar-refractivity contribution in [1.82, 2.24) is 9.71 Å². The summed E-state index contributed by atoms with van der Waals surface area (Å²) in [4.78, 5) is 16.3. The van der Waals surface area contributed by atoms with Crippen molar-refractivity contribution in [1.29, 1.82) is 0 Å². The van der Waals surface area contributed by atoms with Gasteiger partial charge < -0.3 is 5.32 Å². The topological polar surface area (TPSA) is 122 Å². The molecule has 0 aliphatic carbocycles. The number of carbonyl (C=O) groups is 1. The zero-order valence-corrected chi connectivity index (χ0v) is 19.7. The standard InChI is InChI=1S/C23H23N3O5S2/c1-15(2)18-13-19-22(32(28,29)20-9-4-3-8-17(20)23(27)26-19)14-21(18)33(30,31)25-12-10-16-7-5-6-11-24-16/h3-9,11,13-15,25H,10,12H2,1-2H3,(H,26,27). The molecule has 10 heteroatoms. The Balaban J connectivity index is 1.79. The second-order valence-electron chi connectivity index (χ2n) is 7.96. The number of sulfonamides is 1. The van der Waals surface area contributed by atoms with Crippen LogP contribution in [0.15, 0.2) is 75.5 Å². The van der Waals surface area contributed by atoms with Gasteiger partial charge in [0.25, 0.3) is 5.91 Å². The third-order valence-electron chi connectivity index (χ3n) is 5.38. The number of anilines is 1. The van der Waals surface area contributed by atoms with E-state index in [1.54, 1.807) is 38.2 Å². The second-order valence-corrected chi connectivity index (χ2v) is 11.6. The number of rotatable bonds is 6. The van der Waals surface area contributed by atoms with Crippen LogP contribution in [0.2, 0.25) is 0 Å². The number of hydrogen-bond acceptors (Lipinski definition) is 6. The average molecular weight is 486 g/mol. The van der Waals surface area contributed by atoms with Crippen molar-refractivity contribution >= 4 is 31.5 Å². The fourth-order valence-electron chi connectivity index (χ4n) is 3.72. The van der Waals surface area contributed by atoms with E-state index in [1.165, 1.54) is 24.3 Å². The van der Waals surface area contributed by atoms with Crippen LogP contribution in [0, 0.1) is 0 Å². The largest absolute Gasteiger partial charge is 0.321 e. The van der Waals surface area contributed by atoms with Gasteiger partial charge in [-0.1, -0.05) is 32.0 Å². The predicted molar refractivity (Wildman–Crippen MR) is 124 cm³/mol. The Bertz CT molecular complexity index is 1430. The zero-order valence-electron chi connectivity index (χ0n) is 18.1. The van der Waals surface area contributed by atoms with Crippen LogP contribution in [0.25, 0.3) is 0 Å². The first-order valence-corrected chi connectivity index (χ1v) is 13.3. The first-order valence-electron chi connectivity index (χ1n) is 10.3. The number of benzene rings is 2. The second kappa shape index (κ2) is 8.69. The number of aromatic nitrogens is 1. The number of fused-ring (bicyclic) bond motifs is 2. The van der Waals surface area contributed by atoms with Crippen molar-refractivity contribution in [2.75, 3.05) is 11.9 Å². The molecule has 0 saturated heterocycles. The molecule has 0 spiro atoms. The highest BCUT2D eigenvalue weighted by atomic mass is 32.2. The number of pyridine rings is 1. The summed E-state index contributed by atoms with van der Waals surface area (Å²) in [6.45, 7) is 3.70. The van der Waals surface area contributed by atoms with Gasteiger partial charge >= 0.3 is 0 Å². The highest BCUT2D eigenvalue weighted by molar-refractivity contribution is 7.92. The molecule has 8 nitrogen and oxygen atoms in total. The Hall–Kier alpha value is -3.08. The van der Waals surface area contributed by atoms with Crippen molar-refractivity contribution in [3.63, 3.8) is 0 Å². The zero-order chi connectivity index (χ0) is 23.8. The molecule has 2 N–H and O–H groups in total. The maximum Gasteiger partial charge on any atom is 0.257 e. The number of nitrogens with one attached hydrogen (secondary N) is 2. The molecule has 2 heterocycles. The number of carbonyl (C=O) groups excluding carboxylic acids is 1. The van der Waals surface area contributed by atoms with E-state index >= 15 is 0 Å². The smallest absolute Gasteiger partial charge is 0.257 e. The molecule has 0 atom stereocenters. The minimum absolute atomic E-state index is 0.0118. The molecular formula is C23H23N3O5S2. The number of sulfone groups is 1. The molecule has 172 valence electrons. The summed E-state index contributed by atoms with van der Waals surface area (Å²) in [5, 5.41) is 2.63. The van der Waals surface area contributed by atoms with Gasteiger partial charge in [0.15, 0.2) is 0 Å². The molecule has 33 heavy (non-hydrogen) atoms. The molecule has 0 fully saturated rings. The molecular weight excluding hydrogens is 462 g/mol. The van der Waals surface area contributed by atoms with E-state index in [2.05, 4.69) is 15.0 Å². The minimum Gasteiger partial charge on any atom is -0.321 e. The Kier molecular flexibility index (Phi) is 6.08. The lowest BCUT2D eigenvalue weighted by molar-refractivity contribution is 0.102. The summed E-state index contributed by atoms with van der Waals surface area (Å²) >= 11 is 0. The maximum atomic E-state index is 13.4. The lowest BCUT2D eigenvalue weighted by Gasteiger charge is -2.18. The van der Waals surface area contributed by atoms with Gasteiger partial charge in [-0.25, -0.2) is 21.6 Å². The molecule has 3 aromatic rings. The van der Waals surface area contributed by atoms with Gasteiger partial charge in [0.05, 0.1) is 25.9 Å². The lowest BCUT2D eigenvalue weighted by Crippen LogP contribution is -2.27. The van der Waals surface area contributed by atoms with Gasteiger partial charge in [0, 0.05) is 24.9 Å². The third-order valence-corrected chi connectivity index (χ3v) is 8.75. The van der Waals surface area contributed by atoms with Gasteiger partial charge in [0.2, 0.25) is 19.9 Å². The summed E-state index contributed by atoms with van der Waals surface area (Å²) in [7, 11) is -8.19. The SMILES string of the molecule is CC(C)c1cc2c(cc1S(=O)(=O)NCCc1ccccn1)S(=O)(=O)c1ccccc1C(=O)N2. The van der Waals surface area contributed by atoms with E-state index in [0.29, 0.717) is 12.0 Å². The predicted octanol–water partition coefficient (Wildman–Crippen LogP) is 3.12. The molecule has 4 rings (SSSR count). The van der Waals surface area contributed by atoms with Crippen LogP contribution in [-0.2, 0) is 26.3 Å². The van der Waals surface area contributed by atoms with Crippen molar-refractivity contribution in [2.24, 2.45) is 0 Å². The molecule has 0 saturated carbocycles. The van der Waals surface area contributed by atoms with E-state index in [0.717, 1.165) is 11.8 Å². The molecule has 1 amide bonds. The molecule has 1 aliphatic heterocycles. The first-order chi connectivity index (χ1) is 15.6. The highest BCUT2D eigenvalue weighted by Gasteiger charge is 2.34. The normalized spacial score (nSPS) is 14.8. The van der Waals surface area contributed by atoms with E-state index in [4.69, 9.17) is 0 Å². The minimum atomic E-state index is -4.15. The van der Waals surface area contributed by atoms with Gasteiger partial charge in [0.1, 0.15) is 0 Å². The molecule has 1 aliphatic rings. The summed E-state index contributed by atoms with van der Waals surface area (Å²) in [6.07, 6.45) is 2.01. The average Bonchev–Trinajstić information content (AvgIpc) is 2.86. The summed E-state index contributed by atoms with van der Waals surface area (Å²) in [6, 6.07) is 13.8. The van der Waals surface area contributed by atoms with Gasteiger partial charge in [-0.15, -0.1) is 0 Å². The van der Waals surface area contributed by atoms with Crippen LogP contribution in [0.5, 0.6) is 0 Å². The molecule has 2 aromatic carbocycles. The number of nitrogens with zero attached hydrogens (tertiary/aromatic N) is 1. The fraction of sp³-hybridized carbons (Fsp3) is 0.217. The highest BCUT2D eigenvalue weighted by Crippen LogP contribution is 2.38. The van der Waals surface area contributed by atoms with Crippen molar-refractivity contribution in [3.8, 4) is 0 Å². The summed E-state index contributed by atoms with van der Waals surface area (Å²) in [5.74, 6) is -0.811. The van der Waals surface area contributed by atoms with E-state index in [1.807, 2.05) is 6.07 Å². The number of amides is 1. The van der Waals surface area contributed by atoms with Crippen LogP contribution in [0.3, 0.4) is 0 Å². The quantitative estimate of drug-likeness (QED) is 0.553. The Morgan fingerprint density at radius 1 is 1.03 bits per heavy atom. The Labute approximate surface area is 193 Å². The van der Waals surface area contributed by atoms with E-state index in [-0.39, 0.29) is 38.4 Å². The van der Waals surface area contributed by atoms with Crippen LogP contribution in [-0.4, -0.2) is 34.3 Å². The van der Waals surface area contributed by atoms with Crippen LogP contribution in [0.4, 0.5) is 5.69 Å². The van der Waals surface area contributed by atoms with Gasteiger partial charge in [-0.3, -0.25) is 9.78 Å². The third kappa shape index (κ3) is 4.41. The summed E-state index contributed by atoms with van der Waals surface area (Å²) in [5.41, 5.74) is 1.21. The van der Waals surface area contributed by atoms with Crippen molar-refractivity contribution < 1.29 is 21.6 Å². The van der Waals surface area contributed by atoms with E-state index in [9.17, 15) is 21.6 Å². The molecule has 1 aromatic heterocycles. The molecule has 0 bridgehead atoms. The lowest BCUT2D eigenvalue weighted by atomic mass is 10.0. The van der Waals surface area contributed by atoms with Crippen LogP contribution in [0.1, 0.15) is 41.4 Å². The maximum absolute atomic E-state index is 13.4. The van der Waals surface area contributed by atoms with Crippen molar-refractivity contribution in [3.05, 3.63) is 77.6 Å². The van der Waals surface area contributed by atoms with Gasteiger partial charge in [-0.05, 0) is 47.9 Å². The molecule has 0 radical (unpaired) electrons. The fourth-order valence-corrected chi connectivity index (χ4v) is 6.81. The summed E-state index contributed by atoms with van der Waals surface area (Å²) < 4.78 is 55.8. The van der Waals surface area contributed by atoms with Crippen LogP contribution >= 0.6 is 0 Å². The van der Waals surface area contributed by atoms with Crippen molar-refractivity contribution in [2.45, 2.75) is 40.9 Å². The van der Waals surface area contributed by atoms with Gasteiger partial charge in [-0.2, -0.15) is 0 Å². The number of hydrogen-bond donors (Lipinski definition) is 2.